The Morgan fingerprint density at radius 1 is 1.26 bits per heavy atom. The summed E-state index contributed by atoms with van der Waals surface area (Å²) in [7, 11) is 0. The van der Waals surface area contributed by atoms with Crippen LogP contribution in [0.5, 0.6) is 0 Å². The number of hydrogen-bond acceptors (Lipinski definition) is 1. The van der Waals surface area contributed by atoms with E-state index >= 15 is 0 Å². The fraction of sp³-hybridized carbons (Fsp3) is 0.200. The van der Waals surface area contributed by atoms with E-state index in [-0.39, 0.29) is 5.02 Å². The summed E-state index contributed by atoms with van der Waals surface area (Å²) in [5.41, 5.74) is 2.70. The zero-order chi connectivity index (χ0) is 14.0. The van der Waals surface area contributed by atoms with Crippen molar-refractivity contribution in [2.45, 2.75) is 19.4 Å². The molecular formula is C15H13BrClFO. The Morgan fingerprint density at radius 2 is 2.00 bits per heavy atom. The van der Waals surface area contributed by atoms with Crippen molar-refractivity contribution in [1.82, 2.24) is 0 Å². The maximum atomic E-state index is 13.1. The Hall–Kier alpha value is -0.900. The molecule has 0 heterocycles. The predicted octanol–water partition coefficient (Wildman–Crippen LogP) is 4.83. The van der Waals surface area contributed by atoms with E-state index in [0.717, 1.165) is 21.2 Å². The number of aliphatic hydroxyl groups is 1. The average Bonchev–Trinajstić information content (AvgIpc) is 2.32. The molecule has 100 valence electrons. The van der Waals surface area contributed by atoms with Gasteiger partial charge in [-0.25, -0.2) is 4.39 Å². The Morgan fingerprint density at radius 3 is 2.63 bits per heavy atom. The van der Waals surface area contributed by atoms with Gasteiger partial charge in [-0.1, -0.05) is 39.7 Å². The molecule has 2 aromatic carbocycles. The summed E-state index contributed by atoms with van der Waals surface area (Å²) in [6.07, 6.45) is -0.242. The molecule has 0 fully saturated rings. The van der Waals surface area contributed by atoms with Gasteiger partial charge in [0.1, 0.15) is 5.82 Å². The van der Waals surface area contributed by atoms with Crippen molar-refractivity contribution in [3.8, 4) is 0 Å². The number of aryl methyl sites for hydroxylation is 1. The summed E-state index contributed by atoms with van der Waals surface area (Å²) in [6.45, 7) is 1.97. The van der Waals surface area contributed by atoms with Crippen LogP contribution < -0.4 is 0 Å². The van der Waals surface area contributed by atoms with E-state index < -0.39 is 11.9 Å². The molecule has 0 aromatic heterocycles. The monoisotopic (exact) mass is 342 g/mol. The standard InChI is InChI=1S/C15H13BrClFO/c1-9-4-11(8-12(16)5-9)15(19)7-10-2-3-14(18)13(17)6-10/h2-6,8,15,19H,7H2,1H3. The van der Waals surface area contributed by atoms with E-state index in [2.05, 4.69) is 15.9 Å². The first-order chi connectivity index (χ1) is 8.95. The quantitative estimate of drug-likeness (QED) is 0.846. The van der Waals surface area contributed by atoms with Gasteiger partial charge in [-0.15, -0.1) is 0 Å². The van der Waals surface area contributed by atoms with E-state index in [1.807, 2.05) is 25.1 Å². The van der Waals surface area contributed by atoms with Gasteiger partial charge in [0, 0.05) is 10.9 Å². The summed E-state index contributed by atoms with van der Waals surface area (Å²) < 4.78 is 14.0. The summed E-state index contributed by atoms with van der Waals surface area (Å²) in [4.78, 5) is 0. The molecule has 2 aromatic rings. The molecule has 0 radical (unpaired) electrons. The van der Waals surface area contributed by atoms with E-state index in [1.165, 1.54) is 6.07 Å². The third kappa shape index (κ3) is 3.78. The Kier molecular flexibility index (Phi) is 4.61. The van der Waals surface area contributed by atoms with Crippen molar-refractivity contribution >= 4 is 27.5 Å². The molecule has 1 atom stereocenters. The summed E-state index contributed by atoms with van der Waals surface area (Å²) >= 11 is 9.14. The first-order valence-electron chi connectivity index (χ1n) is 5.85. The maximum absolute atomic E-state index is 13.1. The van der Waals surface area contributed by atoms with Crippen LogP contribution in [0, 0.1) is 12.7 Å². The molecule has 0 aliphatic carbocycles. The number of hydrogen-bond donors (Lipinski definition) is 1. The highest BCUT2D eigenvalue weighted by atomic mass is 79.9. The molecule has 1 nitrogen and oxygen atoms in total. The minimum Gasteiger partial charge on any atom is -0.388 e. The lowest BCUT2D eigenvalue weighted by Crippen LogP contribution is -2.02. The Bertz CT molecular complexity index is 580. The third-order valence-corrected chi connectivity index (χ3v) is 3.61. The smallest absolute Gasteiger partial charge is 0.141 e. The molecular weight excluding hydrogens is 331 g/mol. The van der Waals surface area contributed by atoms with Crippen molar-refractivity contribution in [3.05, 3.63) is 68.4 Å². The molecule has 2 rings (SSSR count). The maximum Gasteiger partial charge on any atom is 0.141 e. The number of rotatable bonds is 3. The minimum absolute atomic E-state index is 0.0788. The molecule has 0 saturated carbocycles. The Labute approximate surface area is 125 Å². The highest BCUT2D eigenvalue weighted by Gasteiger charge is 2.11. The summed E-state index contributed by atoms with van der Waals surface area (Å²) in [5, 5.41) is 10.3. The van der Waals surface area contributed by atoms with E-state index in [1.54, 1.807) is 12.1 Å². The molecule has 0 spiro atoms. The van der Waals surface area contributed by atoms with Gasteiger partial charge in [-0.05, 0) is 47.9 Å². The molecule has 19 heavy (non-hydrogen) atoms. The zero-order valence-corrected chi connectivity index (χ0v) is 12.7. The van der Waals surface area contributed by atoms with E-state index in [0.29, 0.717) is 6.42 Å². The SMILES string of the molecule is Cc1cc(Br)cc(C(O)Cc2ccc(F)c(Cl)c2)c1. The first-order valence-corrected chi connectivity index (χ1v) is 7.02. The lowest BCUT2D eigenvalue weighted by atomic mass is 10.00. The molecule has 0 bridgehead atoms. The van der Waals surface area contributed by atoms with Crippen LogP contribution in [0.4, 0.5) is 4.39 Å². The van der Waals surface area contributed by atoms with Crippen molar-refractivity contribution in [1.29, 1.82) is 0 Å². The van der Waals surface area contributed by atoms with E-state index in [9.17, 15) is 9.50 Å². The topological polar surface area (TPSA) is 20.2 Å². The lowest BCUT2D eigenvalue weighted by Gasteiger charge is -2.13. The second kappa shape index (κ2) is 6.04. The third-order valence-electron chi connectivity index (χ3n) is 2.86. The van der Waals surface area contributed by atoms with Crippen LogP contribution in [0.3, 0.4) is 0 Å². The van der Waals surface area contributed by atoms with Crippen LogP contribution in [0.1, 0.15) is 22.8 Å². The molecule has 0 amide bonds. The van der Waals surface area contributed by atoms with Gasteiger partial charge in [-0.2, -0.15) is 0 Å². The molecule has 1 N–H and O–H groups in total. The fourth-order valence-corrected chi connectivity index (χ4v) is 2.79. The average molecular weight is 344 g/mol. The van der Waals surface area contributed by atoms with Gasteiger partial charge in [-0.3, -0.25) is 0 Å². The first kappa shape index (κ1) is 14.5. The number of halogens is 3. The van der Waals surface area contributed by atoms with E-state index in [4.69, 9.17) is 11.6 Å². The van der Waals surface area contributed by atoms with Crippen molar-refractivity contribution in [2.75, 3.05) is 0 Å². The number of aliphatic hydroxyl groups excluding tert-OH is 1. The van der Waals surface area contributed by atoms with Crippen molar-refractivity contribution in [2.24, 2.45) is 0 Å². The van der Waals surface area contributed by atoms with Gasteiger partial charge in [0.2, 0.25) is 0 Å². The summed E-state index contributed by atoms with van der Waals surface area (Å²) in [5.74, 6) is -0.446. The molecule has 0 saturated heterocycles. The molecule has 0 aliphatic rings. The van der Waals surface area contributed by atoms with Crippen LogP contribution in [0.25, 0.3) is 0 Å². The zero-order valence-electron chi connectivity index (χ0n) is 10.3. The summed E-state index contributed by atoms with van der Waals surface area (Å²) in [6, 6.07) is 10.3. The van der Waals surface area contributed by atoms with Crippen LogP contribution >= 0.6 is 27.5 Å². The van der Waals surface area contributed by atoms with Gasteiger partial charge >= 0.3 is 0 Å². The van der Waals surface area contributed by atoms with Crippen molar-refractivity contribution in [3.63, 3.8) is 0 Å². The van der Waals surface area contributed by atoms with Crippen LogP contribution in [0.2, 0.25) is 5.02 Å². The normalized spacial score (nSPS) is 12.5. The fourth-order valence-electron chi connectivity index (χ4n) is 1.96. The van der Waals surface area contributed by atoms with Gasteiger partial charge in [0.15, 0.2) is 0 Å². The molecule has 0 aliphatic heterocycles. The Balaban J connectivity index is 2.20. The van der Waals surface area contributed by atoms with Gasteiger partial charge in [0.25, 0.3) is 0 Å². The van der Waals surface area contributed by atoms with Crippen LogP contribution in [-0.2, 0) is 6.42 Å². The highest BCUT2D eigenvalue weighted by molar-refractivity contribution is 9.10. The molecule has 4 heteroatoms. The van der Waals surface area contributed by atoms with Gasteiger partial charge < -0.3 is 5.11 Å². The molecule has 1 unspecified atom stereocenters. The highest BCUT2D eigenvalue weighted by Crippen LogP contribution is 2.25. The van der Waals surface area contributed by atoms with Gasteiger partial charge in [0.05, 0.1) is 11.1 Å². The van der Waals surface area contributed by atoms with Crippen LogP contribution in [0.15, 0.2) is 40.9 Å². The number of benzene rings is 2. The lowest BCUT2D eigenvalue weighted by molar-refractivity contribution is 0.178. The second-order valence-corrected chi connectivity index (χ2v) is 5.85. The predicted molar refractivity (Wildman–Crippen MR) is 79.0 cm³/mol. The largest absolute Gasteiger partial charge is 0.388 e. The van der Waals surface area contributed by atoms with Crippen LogP contribution in [-0.4, -0.2) is 5.11 Å². The minimum atomic E-state index is -0.641. The second-order valence-electron chi connectivity index (χ2n) is 4.53. The van der Waals surface area contributed by atoms with Crippen molar-refractivity contribution < 1.29 is 9.50 Å².